The van der Waals surface area contributed by atoms with Crippen LogP contribution >= 0.6 is 0 Å². The van der Waals surface area contributed by atoms with Crippen LogP contribution in [0.3, 0.4) is 0 Å². The first kappa shape index (κ1) is 16.4. The summed E-state index contributed by atoms with van der Waals surface area (Å²) in [6.07, 6.45) is 0.240. The third-order valence-electron chi connectivity index (χ3n) is 4.28. The Morgan fingerprint density at radius 2 is 1.96 bits per heavy atom. The Labute approximate surface area is 136 Å². The summed E-state index contributed by atoms with van der Waals surface area (Å²) >= 11 is 0. The van der Waals surface area contributed by atoms with Crippen molar-refractivity contribution >= 4 is 21.6 Å². The maximum absolute atomic E-state index is 12.8. The molecule has 1 aromatic rings. The summed E-state index contributed by atoms with van der Waals surface area (Å²) in [5, 5.41) is 2.72. The van der Waals surface area contributed by atoms with E-state index in [1.165, 1.54) is 4.31 Å². The Bertz CT molecular complexity index is 697. The number of sulfonamides is 1. The lowest BCUT2D eigenvalue weighted by Gasteiger charge is -2.33. The minimum absolute atomic E-state index is 0.0960. The number of carbonyl (C=O) groups excluding carboxylic acids is 1. The largest absolute Gasteiger partial charge is 0.383 e. The summed E-state index contributed by atoms with van der Waals surface area (Å²) in [5.41, 5.74) is 1.45. The molecule has 1 saturated heterocycles. The van der Waals surface area contributed by atoms with Crippen LogP contribution in [-0.2, 0) is 26.0 Å². The van der Waals surface area contributed by atoms with Gasteiger partial charge in [-0.25, -0.2) is 8.42 Å². The lowest BCUT2D eigenvalue weighted by molar-refractivity contribution is -0.115. The molecule has 0 aromatic heterocycles. The van der Waals surface area contributed by atoms with Crippen molar-refractivity contribution in [2.75, 3.05) is 51.8 Å². The third kappa shape index (κ3) is 3.40. The number of benzene rings is 1. The second-order valence-corrected chi connectivity index (χ2v) is 7.72. The van der Waals surface area contributed by atoms with Crippen molar-refractivity contribution in [1.29, 1.82) is 0 Å². The van der Waals surface area contributed by atoms with E-state index in [0.717, 1.165) is 12.1 Å². The zero-order valence-corrected chi connectivity index (χ0v) is 13.9. The van der Waals surface area contributed by atoms with Gasteiger partial charge in [-0.1, -0.05) is 0 Å². The molecule has 0 unspecified atom stereocenters. The Hall–Kier alpha value is -1.48. The highest BCUT2D eigenvalue weighted by Gasteiger charge is 2.29. The van der Waals surface area contributed by atoms with Gasteiger partial charge in [0, 0.05) is 45.5 Å². The smallest absolute Gasteiger partial charge is 0.243 e. The molecule has 0 bridgehead atoms. The fraction of sp³-hybridized carbons (Fsp3) is 0.533. The zero-order chi connectivity index (χ0) is 16.4. The molecular weight excluding hydrogens is 318 g/mol. The van der Waals surface area contributed by atoms with Gasteiger partial charge in [-0.05, 0) is 23.8 Å². The van der Waals surface area contributed by atoms with Crippen LogP contribution in [0.5, 0.6) is 0 Å². The minimum atomic E-state index is -3.51. The number of rotatable bonds is 5. The predicted molar refractivity (Wildman–Crippen MR) is 85.9 cm³/mol. The SMILES string of the molecule is COCCN1CCN(S(=O)(=O)c2ccc3c(c2)CC(=O)N3)CC1. The molecule has 2 heterocycles. The van der Waals surface area contributed by atoms with Crippen molar-refractivity contribution in [3.8, 4) is 0 Å². The number of nitrogens with zero attached hydrogens (tertiary/aromatic N) is 2. The summed E-state index contributed by atoms with van der Waals surface area (Å²) in [4.78, 5) is 13.9. The molecular formula is C15H21N3O4S. The summed E-state index contributed by atoms with van der Waals surface area (Å²) in [6, 6.07) is 4.85. The number of hydrogen-bond donors (Lipinski definition) is 1. The second-order valence-electron chi connectivity index (χ2n) is 5.78. The van der Waals surface area contributed by atoms with E-state index in [4.69, 9.17) is 4.74 Å². The highest BCUT2D eigenvalue weighted by atomic mass is 32.2. The molecule has 7 nitrogen and oxygen atoms in total. The molecule has 0 radical (unpaired) electrons. The van der Waals surface area contributed by atoms with E-state index in [0.29, 0.717) is 38.5 Å². The van der Waals surface area contributed by atoms with Crippen molar-refractivity contribution in [2.45, 2.75) is 11.3 Å². The second kappa shape index (κ2) is 6.56. The van der Waals surface area contributed by atoms with Crippen LogP contribution in [0.25, 0.3) is 0 Å². The van der Waals surface area contributed by atoms with Gasteiger partial charge in [-0.15, -0.1) is 0 Å². The topological polar surface area (TPSA) is 79.0 Å². The molecule has 8 heteroatoms. The number of fused-ring (bicyclic) bond motifs is 1. The van der Waals surface area contributed by atoms with E-state index in [2.05, 4.69) is 10.2 Å². The quantitative estimate of drug-likeness (QED) is 0.825. The van der Waals surface area contributed by atoms with Crippen LogP contribution in [0, 0.1) is 0 Å². The molecule has 2 aliphatic rings. The lowest BCUT2D eigenvalue weighted by atomic mass is 10.2. The van der Waals surface area contributed by atoms with Gasteiger partial charge in [-0.3, -0.25) is 9.69 Å². The van der Waals surface area contributed by atoms with Crippen LogP contribution in [0.4, 0.5) is 5.69 Å². The first-order valence-corrected chi connectivity index (χ1v) is 9.09. The van der Waals surface area contributed by atoms with Gasteiger partial charge >= 0.3 is 0 Å². The maximum Gasteiger partial charge on any atom is 0.243 e. The van der Waals surface area contributed by atoms with Crippen molar-refractivity contribution in [1.82, 2.24) is 9.21 Å². The number of carbonyl (C=O) groups is 1. The molecule has 1 amide bonds. The number of amides is 1. The number of methoxy groups -OCH3 is 1. The number of anilines is 1. The Morgan fingerprint density at radius 3 is 2.65 bits per heavy atom. The maximum atomic E-state index is 12.8. The van der Waals surface area contributed by atoms with Crippen molar-refractivity contribution in [2.24, 2.45) is 0 Å². The van der Waals surface area contributed by atoms with Crippen molar-refractivity contribution in [3.63, 3.8) is 0 Å². The first-order valence-electron chi connectivity index (χ1n) is 7.65. The highest BCUT2D eigenvalue weighted by molar-refractivity contribution is 7.89. The zero-order valence-electron chi connectivity index (χ0n) is 13.1. The van der Waals surface area contributed by atoms with Crippen LogP contribution in [-0.4, -0.2) is 70.0 Å². The number of piperazine rings is 1. The molecule has 1 aromatic carbocycles. The van der Waals surface area contributed by atoms with E-state index in [1.807, 2.05) is 0 Å². The van der Waals surface area contributed by atoms with Crippen LogP contribution in [0.2, 0.25) is 0 Å². The molecule has 0 saturated carbocycles. The van der Waals surface area contributed by atoms with Gasteiger partial charge in [0.1, 0.15) is 0 Å². The predicted octanol–water partition coefficient (Wildman–Crippen LogP) is 0.134. The van der Waals surface area contributed by atoms with Gasteiger partial charge < -0.3 is 10.1 Å². The molecule has 1 N–H and O–H groups in total. The number of nitrogens with one attached hydrogen (secondary N) is 1. The molecule has 2 aliphatic heterocycles. The normalized spacial score (nSPS) is 19.6. The van der Waals surface area contributed by atoms with Crippen LogP contribution in [0.15, 0.2) is 23.1 Å². The fourth-order valence-electron chi connectivity index (χ4n) is 2.93. The van der Waals surface area contributed by atoms with E-state index in [-0.39, 0.29) is 17.2 Å². The minimum Gasteiger partial charge on any atom is -0.383 e. The van der Waals surface area contributed by atoms with Crippen LogP contribution < -0.4 is 5.32 Å². The fourth-order valence-corrected chi connectivity index (χ4v) is 4.40. The van der Waals surface area contributed by atoms with Gasteiger partial charge in [0.2, 0.25) is 15.9 Å². The molecule has 0 atom stereocenters. The summed E-state index contributed by atoms with van der Waals surface area (Å²) < 4.78 is 32.1. The molecule has 1 fully saturated rings. The lowest BCUT2D eigenvalue weighted by Crippen LogP contribution is -2.49. The Kier molecular flexibility index (Phi) is 4.67. The monoisotopic (exact) mass is 339 g/mol. The summed E-state index contributed by atoms with van der Waals surface area (Å²) in [6.45, 7) is 3.82. The Morgan fingerprint density at radius 1 is 1.22 bits per heavy atom. The summed E-state index contributed by atoms with van der Waals surface area (Å²) in [7, 11) is -1.85. The first-order chi connectivity index (χ1) is 11.0. The summed E-state index contributed by atoms with van der Waals surface area (Å²) in [5.74, 6) is -0.0960. The molecule has 0 spiro atoms. The molecule has 126 valence electrons. The van der Waals surface area contributed by atoms with Crippen molar-refractivity contribution in [3.05, 3.63) is 23.8 Å². The van der Waals surface area contributed by atoms with Crippen LogP contribution in [0.1, 0.15) is 5.56 Å². The number of ether oxygens (including phenoxy) is 1. The van der Waals surface area contributed by atoms with Gasteiger partial charge in [0.15, 0.2) is 0 Å². The average Bonchev–Trinajstić information content (AvgIpc) is 2.92. The molecule has 0 aliphatic carbocycles. The standard InChI is InChI=1S/C15H21N3O4S/c1-22-9-8-17-4-6-18(7-5-17)23(20,21)13-2-3-14-12(10-13)11-15(19)16-14/h2-3,10H,4-9,11H2,1H3,(H,16,19). The van der Waals surface area contributed by atoms with E-state index >= 15 is 0 Å². The number of hydrogen-bond acceptors (Lipinski definition) is 5. The molecule has 23 heavy (non-hydrogen) atoms. The van der Waals surface area contributed by atoms with Gasteiger partial charge in [-0.2, -0.15) is 4.31 Å². The van der Waals surface area contributed by atoms with Gasteiger partial charge in [0.05, 0.1) is 17.9 Å². The van der Waals surface area contributed by atoms with E-state index < -0.39 is 10.0 Å². The molecule has 3 rings (SSSR count). The van der Waals surface area contributed by atoms with Crippen molar-refractivity contribution < 1.29 is 17.9 Å². The highest BCUT2D eigenvalue weighted by Crippen LogP contribution is 2.27. The third-order valence-corrected chi connectivity index (χ3v) is 6.18. The van der Waals surface area contributed by atoms with E-state index in [9.17, 15) is 13.2 Å². The van der Waals surface area contributed by atoms with Gasteiger partial charge in [0.25, 0.3) is 0 Å². The average molecular weight is 339 g/mol. The Balaban J connectivity index is 1.71. The van der Waals surface area contributed by atoms with E-state index in [1.54, 1.807) is 25.3 Å².